The Balaban J connectivity index is 1.68. The number of carbonyl (C=O) groups excluding carboxylic acids is 1. The van der Waals surface area contributed by atoms with Gasteiger partial charge in [0.05, 0.1) is 12.0 Å². The number of nitrogens with zero attached hydrogens (tertiary/aromatic N) is 2. The maximum absolute atomic E-state index is 12.9. The Morgan fingerprint density at radius 2 is 2.00 bits per heavy atom. The summed E-state index contributed by atoms with van der Waals surface area (Å²) in [6.45, 7) is 0.521. The second-order valence-corrected chi connectivity index (χ2v) is 8.37. The number of halogens is 3. The molecule has 3 aliphatic heterocycles. The summed E-state index contributed by atoms with van der Waals surface area (Å²) in [6, 6.07) is 3.95. The lowest BCUT2D eigenvalue weighted by Crippen LogP contribution is -2.48. The summed E-state index contributed by atoms with van der Waals surface area (Å²) >= 11 is 0. The Bertz CT molecular complexity index is 837. The monoisotopic (exact) mass is 429 g/mol. The molecule has 0 spiro atoms. The minimum atomic E-state index is -4.52. The van der Waals surface area contributed by atoms with E-state index in [2.05, 4.69) is 4.90 Å². The molecule has 1 aromatic rings. The second kappa shape index (κ2) is 8.32. The van der Waals surface area contributed by atoms with Gasteiger partial charge in [0, 0.05) is 56.6 Å². The highest BCUT2D eigenvalue weighted by Crippen LogP contribution is 2.48. The summed E-state index contributed by atoms with van der Waals surface area (Å²) in [6.07, 6.45) is -2.78. The molecule has 3 aliphatic rings. The van der Waals surface area contributed by atoms with Crippen LogP contribution in [0.25, 0.3) is 0 Å². The molecule has 0 radical (unpaired) electrons. The molecule has 4 atom stereocenters. The van der Waals surface area contributed by atoms with Gasteiger partial charge in [-0.05, 0) is 24.8 Å². The zero-order valence-electron chi connectivity index (χ0n) is 16.5. The summed E-state index contributed by atoms with van der Waals surface area (Å²) in [5.74, 6) is -1.82. The lowest BCUT2D eigenvalue weighted by Gasteiger charge is -2.40. The fourth-order valence-electron chi connectivity index (χ4n) is 5.26. The summed E-state index contributed by atoms with van der Waals surface area (Å²) in [7, 11) is 0. The number of alkyl halides is 3. The molecule has 0 aromatic carbocycles. The molecular formula is C20H26F3N3O4. The maximum Gasteiger partial charge on any atom is 0.405 e. The average molecular weight is 429 g/mol. The second-order valence-electron chi connectivity index (χ2n) is 8.37. The minimum absolute atomic E-state index is 0.207. The van der Waals surface area contributed by atoms with E-state index in [0.29, 0.717) is 37.9 Å². The van der Waals surface area contributed by atoms with Gasteiger partial charge < -0.3 is 19.7 Å². The number of aromatic nitrogens is 1. The number of aliphatic hydroxyl groups is 1. The smallest absolute Gasteiger partial charge is 0.396 e. The lowest BCUT2D eigenvalue weighted by atomic mass is 9.86. The number of hydrogen-bond acceptors (Lipinski definition) is 5. The van der Waals surface area contributed by atoms with Gasteiger partial charge in [-0.25, -0.2) is 0 Å². The fraction of sp³-hybridized carbons (Fsp3) is 0.700. The average Bonchev–Trinajstić information content (AvgIpc) is 2.91. The van der Waals surface area contributed by atoms with Gasteiger partial charge in [-0.3, -0.25) is 14.5 Å². The van der Waals surface area contributed by atoms with E-state index in [1.165, 1.54) is 6.07 Å². The molecule has 10 heteroatoms. The van der Waals surface area contributed by atoms with Crippen molar-refractivity contribution in [2.45, 2.75) is 37.6 Å². The SMILES string of the molecule is O=C(NCC(F)(F)F)[C@H]1[C@H](CO)[C@H]2Cn3c(cccc3=O)[C@@H]1N2CC1CCOCC1. The van der Waals surface area contributed by atoms with E-state index in [-0.39, 0.29) is 18.2 Å². The van der Waals surface area contributed by atoms with E-state index in [1.807, 2.05) is 5.32 Å². The zero-order valence-corrected chi connectivity index (χ0v) is 16.5. The highest BCUT2D eigenvalue weighted by Gasteiger charge is 2.56. The first-order chi connectivity index (χ1) is 14.3. The third-order valence-electron chi connectivity index (χ3n) is 6.62. The van der Waals surface area contributed by atoms with Crippen LogP contribution in [-0.4, -0.2) is 65.6 Å². The number of pyridine rings is 1. The van der Waals surface area contributed by atoms with Crippen LogP contribution in [0.5, 0.6) is 0 Å². The topological polar surface area (TPSA) is 83.8 Å². The molecule has 30 heavy (non-hydrogen) atoms. The predicted octanol–water partition coefficient (Wildman–Crippen LogP) is 0.917. The van der Waals surface area contributed by atoms with Gasteiger partial charge in [0.15, 0.2) is 0 Å². The number of amides is 1. The molecule has 2 bridgehead atoms. The van der Waals surface area contributed by atoms with Gasteiger partial charge in [-0.1, -0.05) is 6.07 Å². The molecule has 0 aliphatic carbocycles. The van der Waals surface area contributed by atoms with Crippen molar-refractivity contribution in [3.05, 3.63) is 34.2 Å². The van der Waals surface area contributed by atoms with E-state index < -0.39 is 36.5 Å². The van der Waals surface area contributed by atoms with Crippen LogP contribution in [0.15, 0.2) is 23.0 Å². The Labute approximate surface area is 171 Å². The van der Waals surface area contributed by atoms with Crippen molar-refractivity contribution in [1.29, 1.82) is 0 Å². The summed E-state index contributed by atoms with van der Waals surface area (Å²) in [5, 5.41) is 12.1. The third kappa shape index (κ3) is 4.00. The number of rotatable bonds is 5. The highest BCUT2D eigenvalue weighted by atomic mass is 19.4. The van der Waals surface area contributed by atoms with Crippen molar-refractivity contribution in [2.75, 3.05) is 32.9 Å². The first-order valence-corrected chi connectivity index (χ1v) is 10.3. The van der Waals surface area contributed by atoms with Crippen molar-refractivity contribution in [3.63, 3.8) is 0 Å². The zero-order chi connectivity index (χ0) is 21.5. The molecule has 2 N–H and O–H groups in total. The van der Waals surface area contributed by atoms with Crippen LogP contribution in [0, 0.1) is 17.8 Å². The molecule has 1 amide bonds. The van der Waals surface area contributed by atoms with Crippen LogP contribution >= 0.6 is 0 Å². The van der Waals surface area contributed by atoms with Gasteiger partial charge in [-0.15, -0.1) is 0 Å². The largest absolute Gasteiger partial charge is 0.405 e. The lowest BCUT2D eigenvalue weighted by molar-refractivity contribution is -0.142. The normalized spacial score (nSPS) is 29.6. The van der Waals surface area contributed by atoms with Gasteiger partial charge in [-0.2, -0.15) is 13.2 Å². The van der Waals surface area contributed by atoms with Crippen molar-refractivity contribution in [3.8, 4) is 0 Å². The molecule has 0 saturated carbocycles. The highest BCUT2D eigenvalue weighted by molar-refractivity contribution is 5.80. The number of fused-ring (bicyclic) bond motifs is 4. The summed E-state index contributed by atoms with van der Waals surface area (Å²) in [4.78, 5) is 27.4. The van der Waals surface area contributed by atoms with Crippen LogP contribution in [0.1, 0.15) is 24.6 Å². The van der Waals surface area contributed by atoms with E-state index in [9.17, 15) is 27.9 Å². The molecule has 166 valence electrons. The molecule has 1 aromatic heterocycles. The Kier molecular flexibility index (Phi) is 5.91. The summed E-state index contributed by atoms with van der Waals surface area (Å²) in [5.41, 5.74) is 0.412. The van der Waals surface area contributed by atoms with Crippen molar-refractivity contribution < 1.29 is 27.8 Å². The fourth-order valence-corrected chi connectivity index (χ4v) is 5.26. The maximum atomic E-state index is 12.9. The molecule has 2 saturated heterocycles. The van der Waals surface area contributed by atoms with Gasteiger partial charge in [0.2, 0.25) is 5.91 Å². The van der Waals surface area contributed by atoms with Crippen LogP contribution in [0.2, 0.25) is 0 Å². The van der Waals surface area contributed by atoms with Gasteiger partial charge >= 0.3 is 6.18 Å². The first-order valence-electron chi connectivity index (χ1n) is 10.3. The van der Waals surface area contributed by atoms with Gasteiger partial charge in [0.1, 0.15) is 6.54 Å². The molecule has 2 fully saturated rings. The number of carbonyl (C=O) groups is 1. The van der Waals surface area contributed by atoms with Gasteiger partial charge in [0.25, 0.3) is 5.56 Å². The number of aliphatic hydroxyl groups excluding tert-OH is 1. The van der Waals surface area contributed by atoms with Crippen molar-refractivity contribution in [1.82, 2.24) is 14.8 Å². The van der Waals surface area contributed by atoms with Crippen LogP contribution in [0.4, 0.5) is 13.2 Å². The van der Waals surface area contributed by atoms with Crippen LogP contribution < -0.4 is 10.9 Å². The molecule has 7 nitrogen and oxygen atoms in total. The van der Waals surface area contributed by atoms with Crippen LogP contribution in [0.3, 0.4) is 0 Å². The Hall–Kier alpha value is -1.91. The standard InChI is InChI=1S/C20H26F3N3O4/c21-20(22,23)11-24-19(29)17-13(10-27)15-9-25-14(2-1-3-16(25)28)18(17)26(15)8-12-4-6-30-7-5-12/h1-3,12-13,15,17-18,27H,4-11H2,(H,24,29)/t13-,15-,17+,18+/m1/s1. The number of ether oxygens (including phenoxy) is 1. The number of nitrogens with one attached hydrogen (secondary N) is 1. The third-order valence-corrected chi connectivity index (χ3v) is 6.62. The quantitative estimate of drug-likeness (QED) is 0.727. The predicted molar refractivity (Wildman–Crippen MR) is 101 cm³/mol. The summed E-state index contributed by atoms with van der Waals surface area (Å²) < 4.78 is 45.1. The van der Waals surface area contributed by atoms with E-state index in [1.54, 1.807) is 16.7 Å². The Morgan fingerprint density at radius 3 is 2.67 bits per heavy atom. The number of hydrogen-bond donors (Lipinski definition) is 2. The first kappa shape index (κ1) is 21.3. The molecule has 4 heterocycles. The van der Waals surface area contributed by atoms with Crippen molar-refractivity contribution in [2.24, 2.45) is 17.8 Å². The van der Waals surface area contributed by atoms with E-state index in [4.69, 9.17) is 4.74 Å². The van der Waals surface area contributed by atoms with Crippen molar-refractivity contribution >= 4 is 5.91 Å². The molecule has 0 unspecified atom stereocenters. The molecular weight excluding hydrogens is 403 g/mol. The van der Waals surface area contributed by atoms with E-state index >= 15 is 0 Å². The van der Waals surface area contributed by atoms with E-state index in [0.717, 1.165) is 12.8 Å². The minimum Gasteiger partial charge on any atom is -0.396 e. The molecule has 4 rings (SSSR count). The van der Waals surface area contributed by atoms with Crippen LogP contribution in [-0.2, 0) is 16.1 Å². The Morgan fingerprint density at radius 1 is 1.27 bits per heavy atom.